The third-order valence-corrected chi connectivity index (χ3v) is 2.99. The van der Waals surface area contributed by atoms with Gasteiger partial charge in [-0.3, -0.25) is 4.79 Å². The average molecular weight is 284 g/mol. The molecule has 0 N–H and O–H groups in total. The standard InChI is InChI=1S/C13H18BrNO/c1-3-5-6-12(14)8-11-9-13(16)15(10-11)7-4-2/h3,6,8H,1,4-5,7,9-10H2,2H3/b11-8+,12-6+. The number of halogens is 1. The maximum Gasteiger partial charge on any atom is 0.227 e. The van der Waals surface area contributed by atoms with Gasteiger partial charge in [0.1, 0.15) is 0 Å². The molecule has 88 valence electrons. The van der Waals surface area contributed by atoms with Crippen molar-refractivity contribution in [3.8, 4) is 0 Å². The summed E-state index contributed by atoms with van der Waals surface area (Å²) in [6.45, 7) is 7.40. The maximum absolute atomic E-state index is 11.6. The Morgan fingerprint density at radius 2 is 2.38 bits per heavy atom. The molecule has 3 heteroatoms. The van der Waals surface area contributed by atoms with Crippen LogP contribution in [-0.2, 0) is 4.79 Å². The van der Waals surface area contributed by atoms with E-state index in [4.69, 9.17) is 0 Å². The SMILES string of the molecule is C=CC/C=C(Br)\C=C1/CC(=O)N(CCC)C1. The van der Waals surface area contributed by atoms with Crippen LogP contribution in [0.4, 0.5) is 0 Å². The van der Waals surface area contributed by atoms with Gasteiger partial charge in [-0.2, -0.15) is 0 Å². The predicted molar refractivity (Wildman–Crippen MR) is 71.4 cm³/mol. The average Bonchev–Trinajstić information content (AvgIpc) is 2.57. The Labute approximate surface area is 106 Å². The quantitative estimate of drug-likeness (QED) is 0.708. The molecule has 0 aromatic rings. The number of allylic oxidation sites excluding steroid dienone is 4. The topological polar surface area (TPSA) is 20.3 Å². The molecule has 0 spiro atoms. The van der Waals surface area contributed by atoms with E-state index in [1.165, 1.54) is 5.57 Å². The van der Waals surface area contributed by atoms with Gasteiger partial charge in [-0.1, -0.05) is 35.0 Å². The van der Waals surface area contributed by atoms with E-state index in [0.29, 0.717) is 6.42 Å². The highest BCUT2D eigenvalue weighted by atomic mass is 79.9. The summed E-state index contributed by atoms with van der Waals surface area (Å²) in [4.78, 5) is 13.5. The summed E-state index contributed by atoms with van der Waals surface area (Å²) in [5.74, 6) is 0.247. The molecule has 0 aromatic carbocycles. The van der Waals surface area contributed by atoms with Gasteiger partial charge in [0.2, 0.25) is 5.91 Å². The zero-order chi connectivity index (χ0) is 12.0. The first-order valence-corrected chi connectivity index (χ1v) is 6.40. The third kappa shape index (κ3) is 3.97. The van der Waals surface area contributed by atoms with Crippen molar-refractivity contribution >= 4 is 21.8 Å². The molecule has 0 unspecified atom stereocenters. The number of nitrogens with zero attached hydrogens (tertiary/aromatic N) is 1. The van der Waals surface area contributed by atoms with E-state index in [2.05, 4.69) is 35.5 Å². The molecule has 0 aliphatic carbocycles. The first-order valence-electron chi connectivity index (χ1n) is 5.61. The molecular formula is C13H18BrNO. The Kier molecular flexibility index (Phi) is 5.53. The van der Waals surface area contributed by atoms with E-state index < -0.39 is 0 Å². The molecule has 2 nitrogen and oxygen atoms in total. The van der Waals surface area contributed by atoms with Crippen molar-refractivity contribution in [1.29, 1.82) is 0 Å². The minimum atomic E-state index is 0.247. The Bertz CT molecular complexity index is 331. The number of likely N-dealkylation sites (tertiary alicyclic amines) is 1. The Hall–Kier alpha value is -0.830. The predicted octanol–water partition coefficient (Wildman–Crippen LogP) is 3.41. The largest absolute Gasteiger partial charge is 0.338 e. The highest BCUT2D eigenvalue weighted by Crippen LogP contribution is 2.21. The number of amides is 1. The second-order valence-corrected chi connectivity index (χ2v) is 4.82. The van der Waals surface area contributed by atoms with Crippen molar-refractivity contribution in [3.63, 3.8) is 0 Å². The minimum absolute atomic E-state index is 0.247. The molecule has 1 aliphatic rings. The molecule has 0 saturated carbocycles. The van der Waals surface area contributed by atoms with Gasteiger partial charge in [-0.25, -0.2) is 0 Å². The summed E-state index contributed by atoms with van der Waals surface area (Å²) in [6.07, 6.45) is 8.38. The van der Waals surface area contributed by atoms with E-state index in [1.807, 2.05) is 17.1 Å². The molecule has 1 aliphatic heterocycles. The summed E-state index contributed by atoms with van der Waals surface area (Å²) in [6, 6.07) is 0. The van der Waals surface area contributed by atoms with Crippen molar-refractivity contribution in [2.45, 2.75) is 26.2 Å². The van der Waals surface area contributed by atoms with E-state index in [-0.39, 0.29) is 5.91 Å². The van der Waals surface area contributed by atoms with Gasteiger partial charge in [0.15, 0.2) is 0 Å². The van der Waals surface area contributed by atoms with Gasteiger partial charge in [0.05, 0.1) is 0 Å². The second kappa shape index (κ2) is 6.69. The van der Waals surface area contributed by atoms with Gasteiger partial charge < -0.3 is 4.90 Å². The van der Waals surface area contributed by atoms with Crippen molar-refractivity contribution in [2.75, 3.05) is 13.1 Å². The molecule has 16 heavy (non-hydrogen) atoms. The second-order valence-electron chi connectivity index (χ2n) is 3.91. The number of hydrogen-bond acceptors (Lipinski definition) is 1. The summed E-state index contributed by atoms with van der Waals surface area (Å²) in [7, 11) is 0. The molecule has 0 bridgehead atoms. The minimum Gasteiger partial charge on any atom is -0.338 e. The molecule has 1 rings (SSSR count). The van der Waals surface area contributed by atoms with Crippen LogP contribution in [0.15, 0.2) is 34.9 Å². The highest BCUT2D eigenvalue weighted by Gasteiger charge is 2.23. The molecule has 1 heterocycles. The fraction of sp³-hybridized carbons (Fsp3) is 0.462. The lowest BCUT2D eigenvalue weighted by atomic mass is 10.2. The number of rotatable bonds is 5. The van der Waals surface area contributed by atoms with Crippen LogP contribution in [0.2, 0.25) is 0 Å². The third-order valence-electron chi connectivity index (χ3n) is 2.44. The van der Waals surface area contributed by atoms with E-state index in [0.717, 1.165) is 30.4 Å². The van der Waals surface area contributed by atoms with Crippen LogP contribution in [0.1, 0.15) is 26.2 Å². The molecule has 1 amide bonds. The number of hydrogen-bond donors (Lipinski definition) is 0. The summed E-state index contributed by atoms with van der Waals surface area (Å²) >= 11 is 3.47. The molecule has 1 fully saturated rings. The summed E-state index contributed by atoms with van der Waals surface area (Å²) in [5, 5.41) is 0. The van der Waals surface area contributed by atoms with Gasteiger partial charge in [-0.05, 0) is 24.5 Å². The summed E-state index contributed by atoms with van der Waals surface area (Å²) in [5.41, 5.74) is 1.19. The fourth-order valence-corrected chi connectivity index (χ4v) is 2.23. The smallest absolute Gasteiger partial charge is 0.227 e. The molecule has 0 atom stereocenters. The lowest BCUT2D eigenvalue weighted by molar-refractivity contribution is -0.127. The normalized spacial score (nSPS) is 19.6. The first kappa shape index (κ1) is 13.2. The van der Waals surface area contributed by atoms with Crippen LogP contribution in [0, 0.1) is 0 Å². The zero-order valence-corrected chi connectivity index (χ0v) is 11.3. The van der Waals surface area contributed by atoms with Crippen LogP contribution >= 0.6 is 15.9 Å². The van der Waals surface area contributed by atoms with Crippen molar-refractivity contribution < 1.29 is 4.79 Å². The monoisotopic (exact) mass is 283 g/mol. The van der Waals surface area contributed by atoms with Gasteiger partial charge in [-0.15, -0.1) is 6.58 Å². The Morgan fingerprint density at radius 3 is 3.00 bits per heavy atom. The van der Waals surface area contributed by atoms with Crippen molar-refractivity contribution in [3.05, 3.63) is 34.9 Å². The van der Waals surface area contributed by atoms with Crippen molar-refractivity contribution in [1.82, 2.24) is 4.90 Å². The molecule has 1 saturated heterocycles. The number of carbonyl (C=O) groups excluding carboxylic acids is 1. The van der Waals surface area contributed by atoms with Crippen LogP contribution < -0.4 is 0 Å². The number of carbonyl (C=O) groups is 1. The van der Waals surface area contributed by atoms with Gasteiger partial charge in [0.25, 0.3) is 0 Å². The van der Waals surface area contributed by atoms with Crippen LogP contribution in [0.3, 0.4) is 0 Å². The molecule has 0 radical (unpaired) electrons. The summed E-state index contributed by atoms with van der Waals surface area (Å²) < 4.78 is 1.04. The lowest BCUT2D eigenvalue weighted by Gasteiger charge is -2.12. The lowest BCUT2D eigenvalue weighted by Crippen LogP contribution is -2.25. The fourth-order valence-electron chi connectivity index (χ4n) is 1.72. The first-order chi connectivity index (χ1) is 7.67. The van der Waals surface area contributed by atoms with Crippen molar-refractivity contribution in [2.24, 2.45) is 0 Å². The Balaban J connectivity index is 2.60. The Morgan fingerprint density at radius 1 is 1.62 bits per heavy atom. The van der Waals surface area contributed by atoms with Gasteiger partial charge in [0, 0.05) is 24.0 Å². The zero-order valence-electron chi connectivity index (χ0n) is 9.71. The van der Waals surface area contributed by atoms with Crippen LogP contribution in [-0.4, -0.2) is 23.9 Å². The molecular weight excluding hydrogens is 266 g/mol. The van der Waals surface area contributed by atoms with Crippen LogP contribution in [0.5, 0.6) is 0 Å². The van der Waals surface area contributed by atoms with Crippen LogP contribution in [0.25, 0.3) is 0 Å². The highest BCUT2D eigenvalue weighted by molar-refractivity contribution is 9.11. The molecule has 0 aromatic heterocycles. The van der Waals surface area contributed by atoms with E-state index >= 15 is 0 Å². The van der Waals surface area contributed by atoms with E-state index in [9.17, 15) is 4.79 Å². The van der Waals surface area contributed by atoms with Gasteiger partial charge >= 0.3 is 0 Å². The maximum atomic E-state index is 11.6. The van der Waals surface area contributed by atoms with E-state index in [1.54, 1.807) is 0 Å².